The molecule has 0 unspecified atom stereocenters. The van der Waals surface area contributed by atoms with Crippen molar-refractivity contribution in [1.29, 1.82) is 0 Å². The van der Waals surface area contributed by atoms with E-state index in [1.807, 2.05) is 32.0 Å². The van der Waals surface area contributed by atoms with Crippen LogP contribution < -0.4 is 4.90 Å². The first-order chi connectivity index (χ1) is 11.4. The van der Waals surface area contributed by atoms with Crippen LogP contribution in [0.5, 0.6) is 0 Å². The van der Waals surface area contributed by atoms with Crippen LogP contribution in [-0.4, -0.2) is 10.2 Å². The Balaban J connectivity index is 2.04. The molecule has 0 aromatic heterocycles. The van der Waals surface area contributed by atoms with Gasteiger partial charge in [-0.2, -0.15) is 0 Å². The summed E-state index contributed by atoms with van der Waals surface area (Å²) in [7, 11) is 0. The van der Waals surface area contributed by atoms with E-state index >= 15 is 0 Å². The SMILES string of the molecule is Cc1cccc(N2C(=O)/C(=C/c3c(F)cccc3Cl)SC2=S)c1C. The Morgan fingerprint density at radius 2 is 1.92 bits per heavy atom. The van der Waals surface area contributed by atoms with Crippen molar-refractivity contribution in [3.63, 3.8) is 0 Å². The van der Waals surface area contributed by atoms with Crippen LogP contribution in [0.1, 0.15) is 16.7 Å². The first kappa shape index (κ1) is 17.1. The molecule has 1 aliphatic heterocycles. The maximum atomic E-state index is 14.0. The molecule has 0 aliphatic carbocycles. The van der Waals surface area contributed by atoms with Crippen molar-refractivity contribution < 1.29 is 9.18 Å². The Morgan fingerprint density at radius 3 is 2.62 bits per heavy atom. The fourth-order valence-electron chi connectivity index (χ4n) is 2.43. The van der Waals surface area contributed by atoms with Crippen molar-refractivity contribution in [3.8, 4) is 0 Å². The van der Waals surface area contributed by atoms with Gasteiger partial charge < -0.3 is 0 Å². The van der Waals surface area contributed by atoms with E-state index in [2.05, 4.69) is 0 Å². The minimum Gasteiger partial charge on any atom is -0.268 e. The second-order valence-electron chi connectivity index (χ2n) is 5.37. The third kappa shape index (κ3) is 2.99. The van der Waals surface area contributed by atoms with Gasteiger partial charge in [-0.3, -0.25) is 9.69 Å². The minimum atomic E-state index is -0.473. The van der Waals surface area contributed by atoms with Gasteiger partial charge in [0.1, 0.15) is 5.82 Å². The van der Waals surface area contributed by atoms with Crippen molar-refractivity contribution in [1.82, 2.24) is 0 Å². The Kier molecular flexibility index (Phi) is 4.76. The third-order valence-electron chi connectivity index (χ3n) is 3.89. The van der Waals surface area contributed by atoms with Gasteiger partial charge >= 0.3 is 0 Å². The van der Waals surface area contributed by atoms with Crippen molar-refractivity contribution in [2.24, 2.45) is 0 Å². The van der Waals surface area contributed by atoms with E-state index in [1.165, 1.54) is 23.1 Å². The molecule has 24 heavy (non-hydrogen) atoms. The third-order valence-corrected chi connectivity index (χ3v) is 5.52. The van der Waals surface area contributed by atoms with E-state index in [1.54, 1.807) is 6.07 Å². The van der Waals surface area contributed by atoms with Gasteiger partial charge in [0.2, 0.25) is 0 Å². The maximum absolute atomic E-state index is 14.0. The van der Waals surface area contributed by atoms with Crippen LogP contribution in [0.3, 0.4) is 0 Å². The summed E-state index contributed by atoms with van der Waals surface area (Å²) in [6.07, 6.45) is 1.46. The molecule has 0 bridgehead atoms. The number of carbonyl (C=O) groups is 1. The molecule has 0 spiro atoms. The summed E-state index contributed by atoms with van der Waals surface area (Å²) in [6.45, 7) is 3.92. The zero-order chi connectivity index (χ0) is 17.4. The Bertz CT molecular complexity index is 874. The van der Waals surface area contributed by atoms with Crippen molar-refractivity contribution in [2.45, 2.75) is 13.8 Å². The highest BCUT2D eigenvalue weighted by Crippen LogP contribution is 2.38. The van der Waals surface area contributed by atoms with Crippen LogP contribution in [-0.2, 0) is 4.79 Å². The summed E-state index contributed by atoms with van der Waals surface area (Å²) in [5.41, 5.74) is 3.00. The van der Waals surface area contributed by atoms with Gasteiger partial charge in [0, 0.05) is 5.56 Å². The highest BCUT2D eigenvalue weighted by Gasteiger charge is 2.34. The number of nitrogens with zero attached hydrogens (tertiary/aromatic N) is 1. The summed E-state index contributed by atoms with van der Waals surface area (Å²) in [5.74, 6) is -0.738. The van der Waals surface area contributed by atoms with Gasteiger partial charge in [0.15, 0.2) is 4.32 Å². The number of anilines is 1. The highest BCUT2D eigenvalue weighted by molar-refractivity contribution is 8.27. The molecule has 0 atom stereocenters. The van der Waals surface area contributed by atoms with E-state index < -0.39 is 5.82 Å². The Morgan fingerprint density at radius 1 is 1.21 bits per heavy atom. The van der Waals surface area contributed by atoms with E-state index in [9.17, 15) is 9.18 Å². The normalized spacial score (nSPS) is 16.3. The van der Waals surface area contributed by atoms with E-state index in [4.69, 9.17) is 23.8 Å². The number of halogens is 2. The van der Waals surface area contributed by atoms with Crippen molar-refractivity contribution >= 4 is 57.6 Å². The van der Waals surface area contributed by atoms with Gasteiger partial charge in [0.05, 0.1) is 15.6 Å². The number of carbonyl (C=O) groups excluding carboxylic acids is 1. The van der Waals surface area contributed by atoms with Crippen molar-refractivity contribution in [3.05, 3.63) is 68.8 Å². The number of benzene rings is 2. The molecule has 2 aromatic carbocycles. The molecule has 1 aliphatic rings. The zero-order valence-electron chi connectivity index (χ0n) is 13.0. The molecule has 1 heterocycles. The first-order valence-corrected chi connectivity index (χ1v) is 8.78. The molecule has 0 saturated carbocycles. The molecule has 0 radical (unpaired) electrons. The Hall–Kier alpha value is -1.69. The van der Waals surface area contributed by atoms with Crippen LogP contribution in [0.15, 0.2) is 41.3 Å². The number of thiocarbonyl (C=S) groups is 1. The topological polar surface area (TPSA) is 20.3 Å². The molecule has 2 aromatic rings. The standard InChI is InChI=1S/C18H13ClFNOS2/c1-10-5-3-8-15(11(10)2)21-17(22)16(24-18(21)23)9-12-13(19)6-4-7-14(12)20/h3-9H,1-2H3/b16-9-. The number of thioether (sulfide) groups is 1. The lowest BCUT2D eigenvalue weighted by Gasteiger charge is -2.18. The molecular formula is C18H13ClFNOS2. The smallest absolute Gasteiger partial charge is 0.268 e. The fourth-order valence-corrected chi connectivity index (χ4v) is 3.92. The number of rotatable bonds is 2. The van der Waals surface area contributed by atoms with Crippen LogP contribution in [0, 0.1) is 19.7 Å². The summed E-state index contributed by atoms with van der Waals surface area (Å²) < 4.78 is 14.4. The quantitative estimate of drug-likeness (QED) is 0.509. The van der Waals surface area contributed by atoms with Crippen LogP contribution in [0.4, 0.5) is 10.1 Å². The Labute approximate surface area is 154 Å². The minimum absolute atomic E-state index is 0.195. The molecular weight excluding hydrogens is 365 g/mol. The van der Waals surface area contributed by atoms with Gasteiger partial charge in [-0.15, -0.1) is 0 Å². The summed E-state index contributed by atoms with van der Waals surface area (Å²) >= 11 is 12.5. The molecule has 0 N–H and O–H groups in total. The molecule has 2 nitrogen and oxygen atoms in total. The van der Waals surface area contributed by atoms with Crippen molar-refractivity contribution in [2.75, 3.05) is 4.90 Å². The number of hydrogen-bond donors (Lipinski definition) is 0. The van der Waals surface area contributed by atoms with Gasteiger partial charge in [-0.05, 0) is 49.2 Å². The zero-order valence-corrected chi connectivity index (χ0v) is 15.4. The van der Waals surface area contributed by atoms with Crippen LogP contribution >= 0.6 is 35.6 Å². The fraction of sp³-hybridized carbons (Fsp3) is 0.111. The van der Waals surface area contributed by atoms with E-state index in [0.29, 0.717) is 9.23 Å². The van der Waals surface area contributed by atoms with Crippen LogP contribution in [0.2, 0.25) is 5.02 Å². The number of aryl methyl sites for hydroxylation is 1. The highest BCUT2D eigenvalue weighted by atomic mass is 35.5. The summed E-state index contributed by atoms with van der Waals surface area (Å²) in [6, 6.07) is 10.1. The second kappa shape index (κ2) is 6.67. The van der Waals surface area contributed by atoms with Gasteiger partial charge in [-0.1, -0.05) is 53.8 Å². The molecule has 1 amide bonds. The average molecular weight is 378 g/mol. The van der Waals surface area contributed by atoms with Gasteiger partial charge in [-0.25, -0.2) is 4.39 Å². The lowest BCUT2D eigenvalue weighted by Crippen LogP contribution is -2.28. The number of hydrogen-bond acceptors (Lipinski definition) is 3. The second-order valence-corrected chi connectivity index (χ2v) is 7.45. The summed E-state index contributed by atoms with van der Waals surface area (Å²) in [5, 5.41) is 0.256. The average Bonchev–Trinajstić information content (AvgIpc) is 2.80. The molecule has 6 heteroatoms. The van der Waals surface area contributed by atoms with Crippen LogP contribution in [0.25, 0.3) is 6.08 Å². The molecule has 1 fully saturated rings. The molecule has 122 valence electrons. The largest absolute Gasteiger partial charge is 0.270 e. The van der Waals surface area contributed by atoms with E-state index in [0.717, 1.165) is 28.6 Å². The lowest BCUT2D eigenvalue weighted by molar-refractivity contribution is -0.113. The molecule has 3 rings (SSSR count). The lowest BCUT2D eigenvalue weighted by atomic mass is 10.1. The molecule has 1 saturated heterocycles. The predicted octanol–water partition coefficient (Wildman–Crippen LogP) is 5.50. The van der Waals surface area contributed by atoms with E-state index in [-0.39, 0.29) is 16.5 Å². The van der Waals surface area contributed by atoms with Gasteiger partial charge in [0.25, 0.3) is 5.91 Å². The monoisotopic (exact) mass is 377 g/mol. The first-order valence-electron chi connectivity index (χ1n) is 7.18. The predicted molar refractivity (Wildman–Crippen MR) is 103 cm³/mol. The summed E-state index contributed by atoms with van der Waals surface area (Å²) in [4.78, 5) is 14.6. The maximum Gasteiger partial charge on any atom is 0.270 e. The number of amides is 1.